The lowest BCUT2D eigenvalue weighted by Gasteiger charge is -2.25. The Morgan fingerprint density at radius 1 is 1.22 bits per heavy atom. The first-order valence-corrected chi connectivity index (χ1v) is 6.72. The van der Waals surface area contributed by atoms with Gasteiger partial charge < -0.3 is 4.74 Å². The molecule has 0 aliphatic heterocycles. The van der Waals surface area contributed by atoms with Crippen molar-refractivity contribution < 1.29 is 4.74 Å². The highest BCUT2D eigenvalue weighted by atomic mass is 35.5. The second-order valence-corrected chi connectivity index (χ2v) is 5.25. The summed E-state index contributed by atoms with van der Waals surface area (Å²) in [7, 11) is 0. The number of benzene rings is 1. The molecule has 0 fully saturated rings. The van der Waals surface area contributed by atoms with Gasteiger partial charge in [-0.3, -0.25) is 0 Å². The number of hydrogen-bond acceptors (Lipinski definition) is 2. The highest BCUT2D eigenvalue weighted by Crippen LogP contribution is 2.30. The molecule has 0 unspecified atom stereocenters. The van der Waals surface area contributed by atoms with E-state index in [0.29, 0.717) is 11.8 Å². The number of alkyl halides is 1. The minimum atomic E-state index is -0.210. The summed E-state index contributed by atoms with van der Waals surface area (Å²) in [5.74, 6) is 1.15. The van der Waals surface area contributed by atoms with Crippen LogP contribution < -0.4 is 4.74 Å². The minimum absolute atomic E-state index is 0.210. The van der Waals surface area contributed by atoms with E-state index in [9.17, 15) is 0 Å². The van der Waals surface area contributed by atoms with E-state index in [0.717, 1.165) is 22.8 Å². The Hall–Kier alpha value is -1.28. The summed E-state index contributed by atoms with van der Waals surface area (Å²) >= 11 is 5.94. The van der Waals surface area contributed by atoms with Gasteiger partial charge in [0.1, 0.15) is 5.60 Å². The van der Waals surface area contributed by atoms with Gasteiger partial charge in [0.2, 0.25) is 5.88 Å². The summed E-state index contributed by atoms with van der Waals surface area (Å²) in [5.41, 5.74) is 0.826. The fraction of sp³-hybridized carbons (Fsp3) is 0.400. The van der Waals surface area contributed by atoms with E-state index in [4.69, 9.17) is 16.3 Å². The van der Waals surface area contributed by atoms with E-state index in [1.807, 2.05) is 18.2 Å². The van der Waals surface area contributed by atoms with Crippen molar-refractivity contribution in [1.29, 1.82) is 0 Å². The van der Waals surface area contributed by atoms with Gasteiger partial charge in [0.15, 0.2) is 0 Å². The molecule has 0 saturated carbocycles. The number of rotatable bonds is 4. The van der Waals surface area contributed by atoms with Crippen LogP contribution in [0.4, 0.5) is 0 Å². The Bertz CT molecular complexity index is 551. The van der Waals surface area contributed by atoms with Crippen LogP contribution in [0.3, 0.4) is 0 Å². The topological polar surface area (TPSA) is 22.1 Å². The molecule has 0 spiro atoms. The number of ether oxygens (including phenoxy) is 1. The molecule has 96 valence electrons. The molecule has 2 aromatic rings. The molecule has 1 aromatic heterocycles. The highest BCUT2D eigenvalue weighted by molar-refractivity contribution is 6.18. The second-order valence-electron chi connectivity index (χ2n) is 4.98. The van der Waals surface area contributed by atoms with Crippen molar-refractivity contribution in [1.82, 2.24) is 4.98 Å². The fourth-order valence-electron chi connectivity index (χ4n) is 1.75. The van der Waals surface area contributed by atoms with Gasteiger partial charge in [-0.1, -0.05) is 25.1 Å². The predicted octanol–water partition coefficient (Wildman–Crippen LogP) is 4.54. The molecular formula is C15H18ClNO. The normalized spacial score (nSPS) is 11.8. The molecule has 1 aromatic carbocycles. The third kappa shape index (κ3) is 2.59. The smallest absolute Gasteiger partial charge is 0.221 e. The van der Waals surface area contributed by atoms with Crippen LogP contribution in [0.1, 0.15) is 32.8 Å². The molecule has 0 aliphatic rings. The molecule has 0 atom stereocenters. The lowest BCUT2D eigenvalue weighted by atomic mass is 10.1. The monoisotopic (exact) mass is 263 g/mol. The van der Waals surface area contributed by atoms with E-state index in [1.54, 1.807) is 6.20 Å². The average Bonchev–Trinajstić information content (AvgIpc) is 2.39. The maximum atomic E-state index is 6.01. The third-order valence-electron chi connectivity index (χ3n) is 3.21. The van der Waals surface area contributed by atoms with Crippen LogP contribution in [0.15, 0.2) is 30.5 Å². The number of aromatic nitrogens is 1. The first-order chi connectivity index (χ1) is 8.57. The van der Waals surface area contributed by atoms with Gasteiger partial charge in [-0.25, -0.2) is 4.98 Å². The van der Waals surface area contributed by atoms with Gasteiger partial charge in [0.05, 0.1) is 0 Å². The van der Waals surface area contributed by atoms with Gasteiger partial charge in [-0.05, 0) is 37.3 Å². The number of fused-ring (bicyclic) bond motifs is 1. The maximum Gasteiger partial charge on any atom is 0.221 e. The van der Waals surface area contributed by atoms with Crippen molar-refractivity contribution in [2.45, 2.75) is 38.7 Å². The lowest BCUT2D eigenvalue weighted by Crippen LogP contribution is -2.27. The standard InChI is InChI=1S/C15H18ClNO/c1-4-15(2,3)18-14-13-8-6-5-7-12(13)11(9-16)10-17-14/h5-8,10H,4,9H2,1-3H3. The summed E-state index contributed by atoms with van der Waals surface area (Å²) in [6.45, 7) is 6.24. The van der Waals surface area contributed by atoms with E-state index in [1.165, 1.54) is 0 Å². The van der Waals surface area contributed by atoms with Crippen LogP contribution in [0.5, 0.6) is 5.88 Å². The minimum Gasteiger partial charge on any atom is -0.471 e. The van der Waals surface area contributed by atoms with Crippen molar-refractivity contribution in [3.8, 4) is 5.88 Å². The van der Waals surface area contributed by atoms with Gasteiger partial charge in [0, 0.05) is 17.5 Å². The van der Waals surface area contributed by atoms with E-state index >= 15 is 0 Å². The molecule has 2 nitrogen and oxygen atoms in total. The van der Waals surface area contributed by atoms with E-state index in [2.05, 4.69) is 31.8 Å². The molecule has 0 amide bonds. The number of halogens is 1. The first kappa shape index (κ1) is 13.2. The zero-order valence-corrected chi connectivity index (χ0v) is 11.8. The molecule has 2 rings (SSSR count). The van der Waals surface area contributed by atoms with E-state index < -0.39 is 0 Å². The van der Waals surface area contributed by atoms with Gasteiger partial charge in [0.25, 0.3) is 0 Å². The molecule has 18 heavy (non-hydrogen) atoms. The average molecular weight is 264 g/mol. The zero-order chi connectivity index (χ0) is 13.2. The summed E-state index contributed by atoms with van der Waals surface area (Å²) in [5, 5.41) is 2.14. The van der Waals surface area contributed by atoms with Crippen LogP contribution in [0.25, 0.3) is 10.8 Å². The first-order valence-electron chi connectivity index (χ1n) is 6.19. The van der Waals surface area contributed by atoms with Gasteiger partial charge in [-0.2, -0.15) is 0 Å². The Kier molecular flexibility index (Phi) is 3.76. The van der Waals surface area contributed by atoms with Crippen molar-refractivity contribution in [2.24, 2.45) is 0 Å². The van der Waals surface area contributed by atoms with Crippen LogP contribution >= 0.6 is 11.6 Å². The molecule has 0 radical (unpaired) electrons. The molecule has 0 saturated heterocycles. The Morgan fingerprint density at radius 2 is 1.89 bits per heavy atom. The van der Waals surface area contributed by atoms with Crippen molar-refractivity contribution in [3.05, 3.63) is 36.0 Å². The quantitative estimate of drug-likeness (QED) is 0.756. The van der Waals surface area contributed by atoms with E-state index in [-0.39, 0.29) is 5.60 Å². The fourth-order valence-corrected chi connectivity index (χ4v) is 1.96. The number of hydrogen-bond donors (Lipinski definition) is 0. The Morgan fingerprint density at radius 3 is 2.50 bits per heavy atom. The maximum absolute atomic E-state index is 6.01. The van der Waals surface area contributed by atoms with Crippen molar-refractivity contribution >= 4 is 22.4 Å². The lowest BCUT2D eigenvalue weighted by molar-refractivity contribution is 0.101. The Balaban J connectivity index is 2.53. The zero-order valence-electron chi connectivity index (χ0n) is 11.0. The van der Waals surface area contributed by atoms with Crippen molar-refractivity contribution in [3.63, 3.8) is 0 Å². The summed E-state index contributed by atoms with van der Waals surface area (Å²) < 4.78 is 6.01. The van der Waals surface area contributed by atoms with Crippen LogP contribution in [0, 0.1) is 0 Å². The van der Waals surface area contributed by atoms with Crippen LogP contribution in [-0.2, 0) is 5.88 Å². The van der Waals surface area contributed by atoms with Crippen LogP contribution in [0.2, 0.25) is 0 Å². The number of nitrogens with zero attached hydrogens (tertiary/aromatic N) is 1. The summed E-state index contributed by atoms with van der Waals surface area (Å²) in [6.07, 6.45) is 2.73. The second kappa shape index (κ2) is 5.15. The molecule has 0 bridgehead atoms. The van der Waals surface area contributed by atoms with Crippen LogP contribution in [-0.4, -0.2) is 10.6 Å². The van der Waals surface area contributed by atoms with Gasteiger partial charge >= 0.3 is 0 Å². The SMILES string of the molecule is CCC(C)(C)Oc1ncc(CCl)c2ccccc12. The Labute approximate surface area is 113 Å². The molecule has 1 heterocycles. The molecule has 0 N–H and O–H groups in total. The molecule has 3 heteroatoms. The highest BCUT2D eigenvalue weighted by Gasteiger charge is 2.19. The van der Waals surface area contributed by atoms with Gasteiger partial charge in [-0.15, -0.1) is 11.6 Å². The molecular weight excluding hydrogens is 246 g/mol. The largest absolute Gasteiger partial charge is 0.471 e. The van der Waals surface area contributed by atoms with Crippen molar-refractivity contribution in [2.75, 3.05) is 0 Å². The predicted molar refractivity (Wildman–Crippen MR) is 76.3 cm³/mol. The third-order valence-corrected chi connectivity index (χ3v) is 3.50. The number of pyridine rings is 1. The molecule has 0 aliphatic carbocycles. The summed E-state index contributed by atoms with van der Waals surface area (Å²) in [4.78, 5) is 4.40. The summed E-state index contributed by atoms with van der Waals surface area (Å²) in [6, 6.07) is 8.08.